The first-order valence-corrected chi connectivity index (χ1v) is 7.49. The van der Waals surface area contributed by atoms with Gasteiger partial charge >= 0.3 is 17.9 Å². The highest BCUT2D eigenvalue weighted by Gasteiger charge is 2.02. The Morgan fingerprint density at radius 1 is 0.727 bits per heavy atom. The zero-order chi connectivity index (χ0) is 16.8. The lowest BCUT2D eigenvalue weighted by Gasteiger charge is -2.09. The van der Waals surface area contributed by atoms with Crippen LogP contribution < -0.4 is 0 Å². The van der Waals surface area contributed by atoms with E-state index in [4.69, 9.17) is 14.2 Å². The third kappa shape index (κ3) is 14.6. The molecule has 6 nitrogen and oxygen atoms in total. The normalized spacial score (nSPS) is 9.77. The van der Waals surface area contributed by atoms with Gasteiger partial charge in [-0.2, -0.15) is 0 Å². The van der Waals surface area contributed by atoms with Crippen LogP contribution in [-0.2, 0) is 28.6 Å². The first-order valence-electron chi connectivity index (χ1n) is 7.49. The highest BCUT2D eigenvalue weighted by Crippen LogP contribution is 2.14. The molecule has 6 heteroatoms. The lowest BCUT2D eigenvalue weighted by atomic mass is 10.0. The summed E-state index contributed by atoms with van der Waals surface area (Å²) < 4.78 is 14.7. The van der Waals surface area contributed by atoms with Crippen LogP contribution in [0.3, 0.4) is 0 Å². The van der Waals surface area contributed by atoms with Gasteiger partial charge in [0.05, 0.1) is 19.8 Å². The molecule has 0 saturated heterocycles. The lowest BCUT2D eigenvalue weighted by Crippen LogP contribution is -2.03. The average Bonchev–Trinajstić information content (AvgIpc) is 2.42. The van der Waals surface area contributed by atoms with E-state index in [9.17, 15) is 14.4 Å². The molecule has 126 valence electrons. The SMILES string of the molecule is CC(=O)OCCC=C(CCCOC(C)=O)CCCOC(C)=O. The van der Waals surface area contributed by atoms with E-state index < -0.39 is 0 Å². The monoisotopic (exact) mass is 314 g/mol. The van der Waals surface area contributed by atoms with E-state index in [0.717, 1.165) is 25.7 Å². The fraction of sp³-hybridized carbons (Fsp3) is 0.688. The summed E-state index contributed by atoms with van der Waals surface area (Å²) in [6, 6.07) is 0. The Morgan fingerprint density at radius 3 is 1.55 bits per heavy atom. The first-order chi connectivity index (χ1) is 10.4. The van der Waals surface area contributed by atoms with Crippen molar-refractivity contribution in [2.45, 2.75) is 52.9 Å². The fourth-order valence-corrected chi connectivity index (χ4v) is 1.83. The maximum Gasteiger partial charge on any atom is 0.302 e. The van der Waals surface area contributed by atoms with E-state index in [2.05, 4.69) is 0 Å². The second-order valence-electron chi connectivity index (χ2n) is 4.88. The standard InChI is InChI=1S/C16H26O6/c1-13(17)20-10-4-7-16(8-5-11-21-14(2)18)9-6-12-22-15(3)19/h7H,4-6,8-12H2,1-3H3. The molecule has 0 unspecified atom stereocenters. The quantitative estimate of drug-likeness (QED) is 0.252. The lowest BCUT2D eigenvalue weighted by molar-refractivity contribution is -0.141. The summed E-state index contributed by atoms with van der Waals surface area (Å²) in [6.07, 6.45) is 5.76. The summed E-state index contributed by atoms with van der Waals surface area (Å²) >= 11 is 0. The van der Waals surface area contributed by atoms with Gasteiger partial charge < -0.3 is 14.2 Å². The molecule has 0 N–H and O–H groups in total. The van der Waals surface area contributed by atoms with Gasteiger partial charge in [-0.1, -0.05) is 11.6 Å². The van der Waals surface area contributed by atoms with Crippen molar-refractivity contribution in [3.05, 3.63) is 11.6 Å². The Morgan fingerprint density at radius 2 is 1.14 bits per heavy atom. The van der Waals surface area contributed by atoms with Crippen LogP contribution in [0.25, 0.3) is 0 Å². The Labute approximate surface area is 131 Å². The molecule has 0 saturated carbocycles. The number of hydrogen-bond acceptors (Lipinski definition) is 6. The summed E-state index contributed by atoms with van der Waals surface area (Å²) in [4.78, 5) is 32.1. The average molecular weight is 314 g/mol. The first kappa shape index (κ1) is 20.1. The zero-order valence-electron chi connectivity index (χ0n) is 13.7. The number of hydrogen-bond donors (Lipinski definition) is 0. The minimum atomic E-state index is -0.292. The van der Waals surface area contributed by atoms with Crippen molar-refractivity contribution in [1.82, 2.24) is 0 Å². The van der Waals surface area contributed by atoms with Gasteiger partial charge in [-0.15, -0.1) is 0 Å². The second-order valence-corrected chi connectivity index (χ2v) is 4.88. The number of carbonyl (C=O) groups excluding carboxylic acids is 3. The van der Waals surface area contributed by atoms with Gasteiger partial charge in [0.15, 0.2) is 0 Å². The van der Waals surface area contributed by atoms with E-state index in [1.165, 1.54) is 26.3 Å². The molecular formula is C16H26O6. The predicted molar refractivity (Wildman–Crippen MR) is 81.1 cm³/mol. The minimum Gasteiger partial charge on any atom is -0.466 e. The van der Waals surface area contributed by atoms with Crippen molar-refractivity contribution in [1.29, 1.82) is 0 Å². The molecule has 0 spiro atoms. The van der Waals surface area contributed by atoms with Crippen LogP contribution in [0, 0.1) is 0 Å². The summed E-state index contributed by atoms with van der Waals surface area (Å²) in [5.41, 5.74) is 1.19. The highest BCUT2D eigenvalue weighted by atomic mass is 16.5. The molecule has 0 aromatic carbocycles. The number of rotatable bonds is 11. The molecule has 0 aromatic rings. The number of esters is 3. The van der Waals surface area contributed by atoms with Gasteiger partial charge in [-0.25, -0.2) is 0 Å². The maximum absolute atomic E-state index is 10.7. The molecule has 0 aliphatic carbocycles. The van der Waals surface area contributed by atoms with Crippen molar-refractivity contribution in [3.63, 3.8) is 0 Å². The largest absolute Gasteiger partial charge is 0.466 e. The highest BCUT2D eigenvalue weighted by molar-refractivity contribution is 5.66. The Kier molecular flexibility index (Phi) is 11.8. The van der Waals surface area contributed by atoms with Crippen molar-refractivity contribution in [2.24, 2.45) is 0 Å². The van der Waals surface area contributed by atoms with E-state index >= 15 is 0 Å². The molecule has 0 radical (unpaired) electrons. The Bertz CT molecular complexity index is 362. The van der Waals surface area contributed by atoms with Crippen LogP contribution >= 0.6 is 0 Å². The molecular weight excluding hydrogens is 288 g/mol. The zero-order valence-corrected chi connectivity index (χ0v) is 13.7. The number of allylic oxidation sites excluding steroid dienone is 1. The Balaban J connectivity index is 4.11. The van der Waals surface area contributed by atoms with Crippen molar-refractivity contribution < 1.29 is 28.6 Å². The maximum atomic E-state index is 10.7. The summed E-state index contributed by atoms with van der Waals surface area (Å²) in [5, 5.41) is 0. The molecule has 0 rings (SSSR count). The summed E-state index contributed by atoms with van der Waals surface area (Å²) in [6.45, 7) is 5.28. The van der Waals surface area contributed by atoms with E-state index in [1.54, 1.807) is 0 Å². The van der Waals surface area contributed by atoms with Crippen LogP contribution in [0.2, 0.25) is 0 Å². The van der Waals surface area contributed by atoms with Crippen LogP contribution in [0.1, 0.15) is 52.9 Å². The van der Waals surface area contributed by atoms with Crippen molar-refractivity contribution in [3.8, 4) is 0 Å². The summed E-state index contributed by atoms with van der Waals surface area (Å²) in [7, 11) is 0. The molecule has 0 aliphatic heterocycles. The van der Waals surface area contributed by atoms with Crippen LogP contribution in [-0.4, -0.2) is 37.7 Å². The van der Waals surface area contributed by atoms with Crippen LogP contribution in [0.4, 0.5) is 0 Å². The van der Waals surface area contributed by atoms with E-state index in [0.29, 0.717) is 26.2 Å². The van der Waals surface area contributed by atoms with Gasteiger partial charge in [0.2, 0.25) is 0 Å². The van der Waals surface area contributed by atoms with E-state index in [1.807, 2.05) is 6.08 Å². The van der Waals surface area contributed by atoms with Crippen molar-refractivity contribution in [2.75, 3.05) is 19.8 Å². The topological polar surface area (TPSA) is 78.9 Å². The van der Waals surface area contributed by atoms with Gasteiger partial charge in [-0.05, 0) is 32.1 Å². The smallest absolute Gasteiger partial charge is 0.302 e. The molecule has 0 bridgehead atoms. The van der Waals surface area contributed by atoms with Gasteiger partial charge in [0.25, 0.3) is 0 Å². The van der Waals surface area contributed by atoms with E-state index in [-0.39, 0.29) is 17.9 Å². The van der Waals surface area contributed by atoms with Gasteiger partial charge in [0.1, 0.15) is 0 Å². The third-order valence-electron chi connectivity index (χ3n) is 2.75. The van der Waals surface area contributed by atoms with Crippen LogP contribution in [0.15, 0.2) is 11.6 Å². The molecule has 0 aromatic heterocycles. The summed E-state index contributed by atoms with van der Waals surface area (Å²) in [5.74, 6) is -0.856. The molecule has 22 heavy (non-hydrogen) atoms. The van der Waals surface area contributed by atoms with Gasteiger partial charge in [0, 0.05) is 20.8 Å². The van der Waals surface area contributed by atoms with Crippen molar-refractivity contribution >= 4 is 17.9 Å². The van der Waals surface area contributed by atoms with Crippen LogP contribution in [0.5, 0.6) is 0 Å². The fourth-order valence-electron chi connectivity index (χ4n) is 1.83. The predicted octanol–water partition coefficient (Wildman–Crippen LogP) is 2.55. The number of carbonyl (C=O) groups is 3. The molecule has 0 amide bonds. The molecule has 0 heterocycles. The number of ether oxygens (including phenoxy) is 3. The molecule has 0 aliphatic rings. The second kappa shape index (κ2) is 12.9. The minimum absolute atomic E-state index is 0.282. The van der Waals surface area contributed by atoms with Gasteiger partial charge in [-0.3, -0.25) is 14.4 Å². The molecule has 0 atom stereocenters. The molecule has 0 fully saturated rings. The third-order valence-corrected chi connectivity index (χ3v) is 2.75. The Hall–Kier alpha value is -1.85.